The van der Waals surface area contributed by atoms with Crippen LogP contribution in [-0.2, 0) is 16.6 Å². The Morgan fingerprint density at radius 1 is 1.18 bits per heavy atom. The van der Waals surface area contributed by atoms with Crippen molar-refractivity contribution in [1.29, 1.82) is 0 Å². The molecule has 2 saturated carbocycles. The van der Waals surface area contributed by atoms with Crippen LogP contribution in [0.3, 0.4) is 0 Å². The summed E-state index contributed by atoms with van der Waals surface area (Å²) < 4.78 is 74.2. The zero-order valence-corrected chi connectivity index (χ0v) is 19.4. The summed E-state index contributed by atoms with van der Waals surface area (Å²) in [6.45, 7) is 3.75. The predicted octanol–water partition coefficient (Wildman–Crippen LogP) is 4.26. The van der Waals surface area contributed by atoms with E-state index in [0.717, 1.165) is 18.9 Å². The number of fused-ring (bicyclic) bond motifs is 1. The number of hydrogen-bond donors (Lipinski definition) is 1. The van der Waals surface area contributed by atoms with Crippen LogP contribution >= 0.6 is 0 Å². The fraction of sp³-hybridized carbons (Fsp3) is 0.652. The number of rotatable bonds is 8. The lowest BCUT2D eigenvalue weighted by Gasteiger charge is -2.34. The Hall–Kier alpha value is -2.56. The van der Waals surface area contributed by atoms with Gasteiger partial charge in [-0.3, -0.25) is 9.36 Å². The molecular weight excluding hydrogens is 458 g/mol. The fourth-order valence-corrected chi connectivity index (χ4v) is 4.45. The second-order valence-corrected chi connectivity index (χ2v) is 9.28. The number of aryl methyl sites for hydroxylation is 1. The van der Waals surface area contributed by atoms with Gasteiger partial charge in [-0.1, -0.05) is 0 Å². The van der Waals surface area contributed by atoms with E-state index in [2.05, 4.69) is 10.3 Å². The molecule has 2 aliphatic rings. The number of carbonyl (C=O) groups is 1. The molecule has 11 heteroatoms. The maximum Gasteiger partial charge on any atom is 0.297 e. The number of nitrogens with one attached hydrogen (secondary N) is 1. The minimum atomic E-state index is -2.83. The Morgan fingerprint density at radius 2 is 1.82 bits per heavy atom. The first-order valence-electron chi connectivity index (χ1n) is 11.5. The summed E-state index contributed by atoms with van der Waals surface area (Å²) in [6, 6.07) is 0.838. The maximum absolute atomic E-state index is 15.1. The van der Waals surface area contributed by atoms with Gasteiger partial charge in [-0.05, 0) is 32.6 Å². The Bertz CT molecular complexity index is 1040. The van der Waals surface area contributed by atoms with Crippen LogP contribution in [0.4, 0.5) is 17.6 Å². The van der Waals surface area contributed by atoms with Gasteiger partial charge in [0, 0.05) is 38.9 Å². The first-order chi connectivity index (χ1) is 16.0. The van der Waals surface area contributed by atoms with Gasteiger partial charge in [-0.15, -0.1) is 0 Å². The molecule has 1 atom stereocenters. The molecule has 0 saturated heterocycles. The average Bonchev–Trinajstić information content (AvgIpc) is 3.06. The predicted molar refractivity (Wildman–Crippen MR) is 115 cm³/mol. The minimum Gasteiger partial charge on any atom is -0.487 e. The van der Waals surface area contributed by atoms with Crippen LogP contribution in [0.1, 0.15) is 52.4 Å². The van der Waals surface area contributed by atoms with Gasteiger partial charge in [0.05, 0.1) is 12.7 Å². The molecular formula is C23H29F4N3O4. The number of amides is 1. The Morgan fingerprint density at radius 3 is 2.44 bits per heavy atom. The van der Waals surface area contributed by atoms with E-state index in [-0.39, 0.29) is 41.2 Å². The topological polar surface area (TPSA) is 74.6 Å². The van der Waals surface area contributed by atoms with Crippen LogP contribution in [-0.4, -0.2) is 52.3 Å². The summed E-state index contributed by atoms with van der Waals surface area (Å²) in [5.74, 6) is -5.02. The third-order valence-electron chi connectivity index (χ3n) is 6.23. The van der Waals surface area contributed by atoms with Crippen molar-refractivity contribution in [3.63, 3.8) is 0 Å². The number of aromatic nitrogens is 2. The quantitative estimate of drug-likeness (QED) is 0.564. The summed E-state index contributed by atoms with van der Waals surface area (Å²) in [4.78, 5) is 15.2. The van der Waals surface area contributed by atoms with Crippen molar-refractivity contribution in [2.24, 2.45) is 7.05 Å². The van der Waals surface area contributed by atoms with Gasteiger partial charge in [0.15, 0.2) is 17.4 Å². The lowest BCUT2D eigenvalue weighted by atomic mass is 9.91. The van der Waals surface area contributed by atoms with Crippen LogP contribution in [0.5, 0.6) is 11.8 Å². The van der Waals surface area contributed by atoms with Gasteiger partial charge in [0.2, 0.25) is 5.91 Å². The highest BCUT2D eigenvalue weighted by molar-refractivity contribution is 5.80. The van der Waals surface area contributed by atoms with Crippen molar-refractivity contribution in [3.8, 4) is 11.8 Å². The zero-order chi connectivity index (χ0) is 24.6. The lowest BCUT2D eigenvalue weighted by molar-refractivity contribution is -0.135. The van der Waals surface area contributed by atoms with Gasteiger partial charge in [0.25, 0.3) is 11.9 Å². The van der Waals surface area contributed by atoms with E-state index >= 15 is 4.39 Å². The molecule has 0 bridgehead atoms. The van der Waals surface area contributed by atoms with Crippen molar-refractivity contribution >= 4 is 16.9 Å². The molecule has 7 nitrogen and oxygen atoms in total. The van der Waals surface area contributed by atoms with Crippen LogP contribution in [0, 0.1) is 11.6 Å². The molecule has 0 spiro atoms. The van der Waals surface area contributed by atoms with Crippen LogP contribution in [0.15, 0.2) is 6.07 Å². The molecule has 0 aliphatic heterocycles. The fourth-order valence-electron chi connectivity index (χ4n) is 4.45. The van der Waals surface area contributed by atoms with Crippen LogP contribution in [0.2, 0.25) is 0 Å². The van der Waals surface area contributed by atoms with Crippen molar-refractivity contribution in [3.05, 3.63) is 17.7 Å². The van der Waals surface area contributed by atoms with Crippen molar-refractivity contribution in [2.75, 3.05) is 6.61 Å². The summed E-state index contributed by atoms with van der Waals surface area (Å²) in [5.41, 5.74) is -0.342. The molecule has 1 aromatic heterocycles. The molecule has 2 aromatic rings. The van der Waals surface area contributed by atoms with Crippen molar-refractivity contribution in [1.82, 2.24) is 14.9 Å². The van der Waals surface area contributed by atoms with E-state index in [1.54, 1.807) is 0 Å². The second-order valence-electron chi connectivity index (χ2n) is 9.28. The summed E-state index contributed by atoms with van der Waals surface area (Å²) in [5, 5.41) is 2.77. The summed E-state index contributed by atoms with van der Waals surface area (Å²) in [6.07, 6.45) is 0.794. The summed E-state index contributed by atoms with van der Waals surface area (Å²) >= 11 is 0. The number of halogens is 4. The minimum absolute atomic E-state index is 0.0463. The van der Waals surface area contributed by atoms with E-state index in [1.165, 1.54) is 18.5 Å². The van der Waals surface area contributed by atoms with Crippen molar-refractivity contribution in [2.45, 2.75) is 82.6 Å². The van der Waals surface area contributed by atoms with Gasteiger partial charge in [0.1, 0.15) is 23.2 Å². The van der Waals surface area contributed by atoms with E-state index in [9.17, 15) is 18.0 Å². The number of ether oxygens (including phenoxy) is 3. The molecule has 188 valence electrons. The highest BCUT2D eigenvalue weighted by Crippen LogP contribution is 2.41. The molecule has 34 heavy (non-hydrogen) atoms. The first kappa shape index (κ1) is 24.6. The molecule has 1 N–H and O–H groups in total. The number of carbonyl (C=O) groups excluding carboxylic acids is 1. The van der Waals surface area contributed by atoms with Gasteiger partial charge < -0.3 is 19.5 Å². The highest BCUT2D eigenvalue weighted by atomic mass is 19.3. The van der Waals surface area contributed by atoms with E-state index in [0.29, 0.717) is 19.4 Å². The van der Waals surface area contributed by atoms with Gasteiger partial charge >= 0.3 is 0 Å². The molecule has 2 aliphatic carbocycles. The molecule has 1 heterocycles. The van der Waals surface area contributed by atoms with Crippen molar-refractivity contribution < 1.29 is 36.6 Å². The van der Waals surface area contributed by atoms with E-state index in [4.69, 9.17) is 14.2 Å². The van der Waals surface area contributed by atoms with Crippen LogP contribution < -0.4 is 14.8 Å². The number of benzene rings is 1. The Balaban J connectivity index is 1.37. The zero-order valence-electron chi connectivity index (χ0n) is 19.4. The highest BCUT2D eigenvalue weighted by Gasteiger charge is 2.47. The molecule has 2 fully saturated rings. The van der Waals surface area contributed by atoms with E-state index in [1.807, 2.05) is 6.92 Å². The largest absolute Gasteiger partial charge is 0.487 e. The normalized spacial score (nSPS) is 23.4. The third kappa shape index (κ3) is 5.39. The smallest absolute Gasteiger partial charge is 0.297 e. The number of imidazole rings is 1. The molecule has 4 rings (SSSR count). The van der Waals surface area contributed by atoms with Gasteiger partial charge in [-0.25, -0.2) is 17.6 Å². The van der Waals surface area contributed by atoms with E-state index < -0.39 is 42.3 Å². The molecule has 1 aromatic carbocycles. The average molecular weight is 487 g/mol. The monoisotopic (exact) mass is 487 g/mol. The molecule has 0 radical (unpaired) electrons. The standard InChI is InChI=1S/C23H29F4N3O4/c1-12(28-13(2)31)11-32-14-4-6-15(7-5-14)34-22-29-20-17(24)8-18(19(25)21(20)30(22)3)33-16-9-23(26,27)10-16/h8,12,14-16H,4-7,9-11H2,1-3H3,(H,28,31)/t12-,14?,15?/m0/s1. The Labute approximate surface area is 194 Å². The molecule has 1 amide bonds. The maximum atomic E-state index is 15.1. The van der Waals surface area contributed by atoms with Crippen LogP contribution in [0.25, 0.3) is 11.0 Å². The third-order valence-corrected chi connectivity index (χ3v) is 6.23. The second kappa shape index (κ2) is 9.59. The number of alkyl halides is 2. The molecule has 0 unspecified atom stereocenters. The SMILES string of the molecule is CC(=O)N[C@@H](C)COC1CCC(Oc2nc3c(F)cc(OC4CC(F)(F)C4)c(F)c3n2C)CC1. The Kier molecular flexibility index (Phi) is 6.93. The summed E-state index contributed by atoms with van der Waals surface area (Å²) in [7, 11) is 1.51. The number of hydrogen-bond acceptors (Lipinski definition) is 5. The van der Waals surface area contributed by atoms with Gasteiger partial charge in [-0.2, -0.15) is 4.98 Å². The lowest BCUT2D eigenvalue weighted by Crippen LogP contribution is -2.43. The number of nitrogens with zero attached hydrogens (tertiary/aromatic N) is 2. The first-order valence-corrected chi connectivity index (χ1v) is 11.5.